The van der Waals surface area contributed by atoms with Crippen LogP contribution in [0.25, 0.3) is 0 Å². The molecule has 1 aromatic rings. The second kappa shape index (κ2) is 5.18. The van der Waals surface area contributed by atoms with Crippen LogP contribution in [0.1, 0.15) is 10.4 Å². The molecule has 0 heterocycles. The maximum absolute atomic E-state index is 11.7. The van der Waals surface area contributed by atoms with Crippen LogP contribution in [0, 0.1) is 0 Å². The Balaban J connectivity index is 3.05. The third-order valence-corrected chi connectivity index (χ3v) is 2.54. The highest BCUT2D eigenvalue weighted by atomic mass is 35.5. The van der Waals surface area contributed by atoms with Crippen molar-refractivity contribution < 1.29 is 14.3 Å². The Labute approximate surface area is 103 Å². The molecule has 0 aliphatic heterocycles. The van der Waals surface area contributed by atoms with E-state index in [1.54, 1.807) is 6.07 Å². The summed E-state index contributed by atoms with van der Waals surface area (Å²) in [5, 5.41) is -0.661. The number of carbonyl (C=O) groups excluding carboxylic acids is 2. The number of carbonyl (C=O) groups is 2. The minimum Gasteiger partial charge on any atom is -0.497 e. The number of rotatable bonds is 2. The Morgan fingerprint density at radius 2 is 2.00 bits per heavy atom. The topological polar surface area (TPSA) is 46.6 Å². The van der Waals surface area contributed by atoms with Crippen molar-refractivity contribution in [1.29, 1.82) is 0 Å². The number of amides is 2. The number of benzene rings is 1. The third kappa shape index (κ3) is 2.65. The first-order chi connectivity index (χ1) is 7.47. The summed E-state index contributed by atoms with van der Waals surface area (Å²) in [6, 6.07) is 4.53. The van der Waals surface area contributed by atoms with Gasteiger partial charge in [0.25, 0.3) is 5.91 Å². The zero-order chi connectivity index (χ0) is 12.3. The average molecular weight is 262 g/mol. The Morgan fingerprint density at radius 1 is 1.38 bits per heavy atom. The molecular formula is C10H9Cl2NO3. The highest BCUT2D eigenvalue weighted by Gasteiger charge is 2.19. The molecule has 0 radical (unpaired) electrons. The molecule has 0 spiro atoms. The Morgan fingerprint density at radius 3 is 2.44 bits per heavy atom. The lowest BCUT2D eigenvalue weighted by atomic mass is 10.2. The van der Waals surface area contributed by atoms with Crippen molar-refractivity contribution >= 4 is 34.5 Å². The highest BCUT2D eigenvalue weighted by Crippen LogP contribution is 2.23. The molecule has 0 unspecified atom stereocenters. The van der Waals surface area contributed by atoms with Crippen molar-refractivity contribution in [2.45, 2.75) is 0 Å². The largest absolute Gasteiger partial charge is 0.497 e. The molecule has 0 fully saturated rings. The monoisotopic (exact) mass is 261 g/mol. The number of methoxy groups -OCH3 is 1. The number of ether oxygens (including phenoxy) is 1. The predicted molar refractivity (Wildman–Crippen MR) is 61.3 cm³/mol. The fourth-order valence-corrected chi connectivity index (χ4v) is 1.38. The zero-order valence-corrected chi connectivity index (χ0v) is 10.2. The van der Waals surface area contributed by atoms with E-state index in [-0.39, 0.29) is 10.6 Å². The van der Waals surface area contributed by atoms with E-state index in [0.717, 1.165) is 4.90 Å². The smallest absolute Gasteiger partial charge is 0.323 e. The molecule has 4 nitrogen and oxygen atoms in total. The first kappa shape index (κ1) is 12.8. The van der Waals surface area contributed by atoms with Gasteiger partial charge in [-0.2, -0.15) is 0 Å². The molecule has 0 saturated carbocycles. The van der Waals surface area contributed by atoms with E-state index in [1.807, 2.05) is 0 Å². The SMILES string of the molecule is COc1ccc(C(=O)N(C)C(=O)Cl)c(Cl)c1. The summed E-state index contributed by atoms with van der Waals surface area (Å²) in [5.74, 6) is -0.0333. The summed E-state index contributed by atoms with van der Waals surface area (Å²) in [6.45, 7) is 0. The van der Waals surface area contributed by atoms with Crippen LogP contribution in [0.3, 0.4) is 0 Å². The van der Waals surface area contributed by atoms with Gasteiger partial charge in [0, 0.05) is 7.05 Å². The van der Waals surface area contributed by atoms with E-state index >= 15 is 0 Å². The first-order valence-corrected chi connectivity index (χ1v) is 5.04. The second-order valence-corrected chi connectivity index (χ2v) is 3.69. The average Bonchev–Trinajstić information content (AvgIpc) is 2.26. The molecular weight excluding hydrogens is 253 g/mol. The maximum atomic E-state index is 11.7. The molecule has 86 valence electrons. The zero-order valence-electron chi connectivity index (χ0n) is 8.66. The van der Waals surface area contributed by atoms with Crippen molar-refractivity contribution in [3.8, 4) is 5.75 Å². The van der Waals surface area contributed by atoms with Crippen molar-refractivity contribution in [3.63, 3.8) is 0 Å². The molecule has 0 aliphatic carbocycles. The van der Waals surface area contributed by atoms with Gasteiger partial charge in [0.05, 0.1) is 17.7 Å². The summed E-state index contributed by atoms with van der Waals surface area (Å²) in [7, 11) is 2.76. The highest BCUT2D eigenvalue weighted by molar-refractivity contribution is 6.64. The number of hydrogen-bond acceptors (Lipinski definition) is 3. The quantitative estimate of drug-likeness (QED) is 0.608. The van der Waals surface area contributed by atoms with Crippen molar-refractivity contribution in [3.05, 3.63) is 28.8 Å². The van der Waals surface area contributed by atoms with Gasteiger partial charge in [0.1, 0.15) is 5.75 Å². The maximum Gasteiger partial charge on any atom is 0.323 e. The van der Waals surface area contributed by atoms with Crippen molar-refractivity contribution in [2.75, 3.05) is 14.2 Å². The summed E-state index contributed by atoms with van der Waals surface area (Å²) in [6.07, 6.45) is 0. The molecule has 0 aliphatic rings. The number of imide groups is 1. The number of halogens is 2. The van der Waals surface area contributed by atoms with Crippen molar-refractivity contribution in [2.24, 2.45) is 0 Å². The van der Waals surface area contributed by atoms with Crippen LogP contribution in [0.15, 0.2) is 18.2 Å². The van der Waals surface area contributed by atoms with Gasteiger partial charge in [-0.25, -0.2) is 0 Å². The molecule has 1 aromatic carbocycles. The Bertz CT molecular complexity index is 434. The minimum absolute atomic E-state index is 0.193. The van der Waals surface area contributed by atoms with E-state index < -0.39 is 11.3 Å². The molecule has 2 amide bonds. The van der Waals surface area contributed by atoms with E-state index in [1.165, 1.54) is 26.3 Å². The van der Waals surface area contributed by atoms with Gasteiger partial charge in [-0.3, -0.25) is 14.5 Å². The number of nitrogens with zero attached hydrogens (tertiary/aromatic N) is 1. The number of hydrogen-bond donors (Lipinski definition) is 0. The van der Waals surface area contributed by atoms with E-state index in [0.29, 0.717) is 5.75 Å². The lowest BCUT2D eigenvalue weighted by Gasteiger charge is -2.12. The molecule has 0 atom stereocenters. The lowest BCUT2D eigenvalue weighted by Crippen LogP contribution is -2.29. The summed E-state index contributed by atoms with van der Waals surface area (Å²) < 4.78 is 4.94. The van der Waals surface area contributed by atoms with E-state index in [2.05, 4.69) is 0 Å². The third-order valence-electron chi connectivity index (χ3n) is 1.98. The molecule has 0 bridgehead atoms. The van der Waals surface area contributed by atoms with Crippen LogP contribution in [-0.4, -0.2) is 30.3 Å². The van der Waals surface area contributed by atoms with Crippen LogP contribution in [0.4, 0.5) is 4.79 Å². The van der Waals surface area contributed by atoms with Gasteiger partial charge in [0.2, 0.25) is 0 Å². The fraction of sp³-hybridized carbons (Fsp3) is 0.200. The van der Waals surface area contributed by atoms with E-state index in [4.69, 9.17) is 27.9 Å². The van der Waals surface area contributed by atoms with Gasteiger partial charge in [-0.1, -0.05) is 11.6 Å². The van der Waals surface area contributed by atoms with Gasteiger partial charge in [0.15, 0.2) is 0 Å². The lowest BCUT2D eigenvalue weighted by molar-refractivity contribution is 0.0847. The van der Waals surface area contributed by atoms with Crippen LogP contribution in [-0.2, 0) is 0 Å². The molecule has 0 N–H and O–H groups in total. The molecule has 0 aromatic heterocycles. The minimum atomic E-state index is -0.864. The Hall–Kier alpha value is -1.26. The summed E-state index contributed by atoms with van der Waals surface area (Å²) in [4.78, 5) is 23.3. The molecule has 1 rings (SSSR count). The van der Waals surface area contributed by atoms with Gasteiger partial charge in [-0.15, -0.1) is 0 Å². The van der Waals surface area contributed by atoms with E-state index in [9.17, 15) is 9.59 Å². The normalized spacial score (nSPS) is 9.75. The van der Waals surface area contributed by atoms with Crippen LogP contribution in [0.2, 0.25) is 5.02 Å². The van der Waals surface area contributed by atoms with Gasteiger partial charge < -0.3 is 4.74 Å². The molecule has 0 saturated heterocycles. The molecule has 6 heteroatoms. The Kier molecular flexibility index (Phi) is 4.15. The predicted octanol–water partition coefficient (Wildman–Crippen LogP) is 2.78. The van der Waals surface area contributed by atoms with Crippen LogP contribution >= 0.6 is 23.2 Å². The van der Waals surface area contributed by atoms with Crippen molar-refractivity contribution in [1.82, 2.24) is 4.90 Å². The van der Waals surface area contributed by atoms with Gasteiger partial charge in [-0.05, 0) is 29.8 Å². The first-order valence-electron chi connectivity index (χ1n) is 4.28. The summed E-state index contributed by atoms with van der Waals surface area (Å²) in [5.41, 5.74) is 0.193. The fourth-order valence-electron chi connectivity index (χ4n) is 1.06. The summed E-state index contributed by atoms with van der Waals surface area (Å²) >= 11 is 11.1. The van der Waals surface area contributed by atoms with Gasteiger partial charge >= 0.3 is 5.37 Å². The van der Waals surface area contributed by atoms with Crippen LogP contribution < -0.4 is 4.74 Å². The molecule has 16 heavy (non-hydrogen) atoms. The standard InChI is InChI=1S/C10H9Cl2NO3/c1-13(10(12)15)9(14)7-4-3-6(16-2)5-8(7)11/h3-5H,1-2H3. The van der Waals surface area contributed by atoms with Crippen LogP contribution in [0.5, 0.6) is 5.75 Å². The second-order valence-electron chi connectivity index (χ2n) is 2.96.